The number of rotatable bonds is 5. The molecule has 2 aliphatic carbocycles. The summed E-state index contributed by atoms with van der Waals surface area (Å²) in [5.41, 5.74) is 1.31. The van der Waals surface area contributed by atoms with Crippen LogP contribution in [-0.2, 0) is 0 Å². The lowest BCUT2D eigenvalue weighted by Gasteiger charge is -2.41. The van der Waals surface area contributed by atoms with E-state index in [-0.39, 0.29) is 5.82 Å². The van der Waals surface area contributed by atoms with Crippen LogP contribution in [0, 0.1) is 11.7 Å². The second-order valence-corrected chi connectivity index (χ2v) is 7.00. The molecule has 0 aliphatic heterocycles. The standard InChI is InChI=1S/C19H28FN/c1-2-19(15-6-4-3-5-7-15)21-18-12-16(13-18)14-8-10-17(20)11-9-14/h8-11,15-16,18-19,21H,2-7,12-13H2,1H3. The fraction of sp³-hybridized carbons (Fsp3) is 0.684. The van der Waals surface area contributed by atoms with Crippen molar-refractivity contribution < 1.29 is 4.39 Å². The molecule has 116 valence electrons. The Morgan fingerprint density at radius 3 is 2.38 bits per heavy atom. The van der Waals surface area contributed by atoms with E-state index in [0.29, 0.717) is 18.0 Å². The van der Waals surface area contributed by atoms with Gasteiger partial charge in [-0.2, -0.15) is 0 Å². The summed E-state index contributed by atoms with van der Waals surface area (Å²) in [6.45, 7) is 2.32. The molecule has 21 heavy (non-hydrogen) atoms. The maximum absolute atomic E-state index is 13.0. The van der Waals surface area contributed by atoms with Crippen LogP contribution in [-0.4, -0.2) is 12.1 Å². The third kappa shape index (κ3) is 3.66. The summed E-state index contributed by atoms with van der Waals surface area (Å²) in [7, 11) is 0. The average molecular weight is 289 g/mol. The van der Waals surface area contributed by atoms with Crippen LogP contribution in [0.15, 0.2) is 24.3 Å². The SMILES string of the molecule is CCC(NC1CC(c2ccc(F)cc2)C1)C1CCCCC1. The van der Waals surface area contributed by atoms with Gasteiger partial charge in [-0.25, -0.2) is 4.39 Å². The molecule has 0 radical (unpaired) electrons. The number of nitrogens with one attached hydrogen (secondary N) is 1. The number of hydrogen-bond donors (Lipinski definition) is 1. The first kappa shape index (κ1) is 15.0. The highest BCUT2D eigenvalue weighted by Crippen LogP contribution is 2.38. The first-order valence-corrected chi connectivity index (χ1v) is 8.77. The van der Waals surface area contributed by atoms with Crippen molar-refractivity contribution >= 4 is 0 Å². The number of hydrogen-bond acceptors (Lipinski definition) is 1. The van der Waals surface area contributed by atoms with E-state index in [9.17, 15) is 4.39 Å². The molecule has 0 heterocycles. The van der Waals surface area contributed by atoms with E-state index in [2.05, 4.69) is 12.2 Å². The summed E-state index contributed by atoms with van der Waals surface area (Å²) in [5, 5.41) is 3.91. The van der Waals surface area contributed by atoms with Crippen molar-refractivity contribution in [3.8, 4) is 0 Å². The lowest BCUT2D eigenvalue weighted by atomic mass is 9.74. The van der Waals surface area contributed by atoms with Gasteiger partial charge in [0.2, 0.25) is 0 Å². The van der Waals surface area contributed by atoms with Gasteiger partial charge < -0.3 is 5.32 Å². The van der Waals surface area contributed by atoms with Crippen molar-refractivity contribution in [2.75, 3.05) is 0 Å². The molecule has 1 unspecified atom stereocenters. The van der Waals surface area contributed by atoms with Crippen molar-refractivity contribution in [2.24, 2.45) is 5.92 Å². The normalized spacial score (nSPS) is 28.1. The molecule has 0 aromatic heterocycles. The summed E-state index contributed by atoms with van der Waals surface area (Å²) >= 11 is 0. The molecule has 2 saturated carbocycles. The molecule has 1 nitrogen and oxygen atoms in total. The number of halogens is 1. The zero-order valence-electron chi connectivity index (χ0n) is 13.2. The van der Waals surface area contributed by atoms with E-state index in [0.717, 1.165) is 5.92 Å². The van der Waals surface area contributed by atoms with Gasteiger partial charge in [-0.15, -0.1) is 0 Å². The highest BCUT2D eigenvalue weighted by molar-refractivity contribution is 5.23. The Hall–Kier alpha value is -0.890. The molecule has 2 aliphatic rings. The van der Waals surface area contributed by atoms with E-state index in [1.807, 2.05) is 12.1 Å². The maximum atomic E-state index is 13.0. The molecule has 0 saturated heterocycles. The zero-order chi connectivity index (χ0) is 14.7. The van der Waals surface area contributed by atoms with Gasteiger partial charge in [0.15, 0.2) is 0 Å². The monoisotopic (exact) mass is 289 g/mol. The Morgan fingerprint density at radius 1 is 1.10 bits per heavy atom. The molecule has 1 atom stereocenters. The minimum absolute atomic E-state index is 0.129. The third-order valence-corrected chi connectivity index (χ3v) is 5.59. The molecule has 1 aromatic carbocycles. The minimum atomic E-state index is -0.129. The van der Waals surface area contributed by atoms with Crippen molar-refractivity contribution in [2.45, 2.75) is 76.3 Å². The van der Waals surface area contributed by atoms with Gasteiger partial charge in [-0.05, 0) is 61.6 Å². The first-order chi connectivity index (χ1) is 10.3. The predicted octanol–water partition coefficient (Wildman–Crippen LogP) is 5.02. The summed E-state index contributed by atoms with van der Waals surface area (Å²) in [4.78, 5) is 0. The lowest BCUT2D eigenvalue weighted by molar-refractivity contribution is 0.197. The Kier molecular flexibility index (Phi) is 4.95. The fourth-order valence-corrected chi connectivity index (χ4v) is 4.19. The van der Waals surface area contributed by atoms with E-state index in [1.54, 1.807) is 12.1 Å². The van der Waals surface area contributed by atoms with Gasteiger partial charge in [-0.3, -0.25) is 0 Å². The van der Waals surface area contributed by atoms with Crippen molar-refractivity contribution in [1.82, 2.24) is 5.32 Å². The summed E-state index contributed by atoms with van der Waals surface area (Å²) in [5.74, 6) is 1.40. The Morgan fingerprint density at radius 2 is 1.76 bits per heavy atom. The quantitative estimate of drug-likeness (QED) is 0.802. The van der Waals surface area contributed by atoms with Crippen LogP contribution >= 0.6 is 0 Å². The summed E-state index contributed by atoms with van der Waals surface area (Å²) < 4.78 is 13.0. The molecule has 0 spiro atoms. The Bertz CT molecular complexity index is 429. The maximum Gasteiger partial charge on any atom is 0.123 e. The van der Waals surface area contributed by atoms with Gasteiger partial charge in [0, 0.05) is 12.1 Å². The summed E-state index contributed by atoms with van der Waals surface area (Å²) in [6, 6.07) is 8.47. The van der Waals surface area contributed by atoms with Gasteiger partial charge in [0.25, 0.3) is 0 Å². The predicted molar refractivity (Wildman–Crippen MR) is 86.0 cm³/mol. The van der Waals surface area contributed by atoms with Crippen LogP contribution in [0.1, 0.15) is 69.8 Å². The molecule has 0 amide bonds. The molecular formula is C19H28FN. The molecular weight excluding hydrogens is 261 g/mol. The molecule has 0 bridgehead atoms. The van der Waals surface area contributed by atoms with Gasteiger partial charge in [0.05, 0.1) is 0 Å². The van der Waals surface area contributed by atoms with Crippen LogP contribution in [0.25, 0.3) is 0 Å². The van der Waals surface area contributed by atoms with E-state index in [4.69, 9.17) is 0 Å². The first-order valence-electron chi connectivity index (χ1n) is 8.77. The highest BCUT2D eigenvalue weighted by atomic mass is 19.1. The van der Waals surface area contributed by atoms with E-state index >= 15 is 0 Å². The third-order valence-electron chi connectivity index (χ3n) is 5.59. The van der Waals surface area contributed by atoms with Gasteiger partial charge >= 0.3 is 0 Å². The molecule has 1 N–H and O–H groups in total. The van der Waals surface area contributed by atoms with Crippen LogP contribution in [0.3, 0.4) is 0 Å². The minimum Gasteiger partial charge on any atom is -0.311 e. The molecule has 3 rings (SSSR count). The largest absolute Gasteiger partial charge is 0.311 e. The number of benzene rings is 1. The van der Waals surface area contributed by atoms with Crippen LogP contribution in [0.5, 0.6) is 0 Å². The molecule has 1 aromatic rings. The topological polar surface area (TPSA) is 12.0 Å². The van der Waals surface area contributed by atoms with Crippen LogP contribution in [0.2, 0.25) is 0 Å². The van der Waals surface area contributed by atoms with E-state index in [1.165, 1.54) is 56.9 Å². The second kappa shape index (κ2) is 6.91. The lowest BCUT2D eigenvalue weighted by Crippen LogP contribution is -2.48. The second-order valence-electron chi connectivity index (χ2n) is 7.00. The average Bonchev–Trinajstić information content (AvgIpc) is 2.49. The molecule has 2 heteroatoms. The Balaban J connectivity index is 1.48. The fourth-order valence-electron chi connectivity index (χ4n) is 4.19. The van der Waals surface area contributed by atoms with Crippen molar-refractivity contribution in [3.63, 3.8) is 0 Å². The molecule has 2 fully saturated rings. The van der Waals surface area contributed by atoms with Gasteiger partial charge in [-0.1, -0.05) is 38.3 Å². The zero-order valence-corrected chi connectivity index (χ0v) is 13.2. The van der Waals surface area contributed by atoms with E-state index < -0.39 is 0 Å². The summed E-state index contributed by atoms with van der Waals surface area (Å²) in [6.07, 6.45) is 10.8. The Labute approximate surface area is 128 Å². The van der Waals surface area contributed by atoms with Crippen LogP contribution < -0.4 is 5.32 Å². The smallest absolute Gasteiger partial charge is 0.123 e. The highest BCUT2D eigenvalue weighted by Gasteiger charge is 2.33. The van der Waals surface area contributed by atoms with Crippen molar-refractivity contribution in [1.29, 1.82) is 0 Å². The van der Waals surface area contributed by atoms with Crippen LogP contribution in [0.4, 0.5) is 4.39 Å². The van der Waals surface area contributed by atoms with Crippen molar-refractivity contribution in [3.05, 3.63) is 35.6 Å². The van der Waals surface area contributed by atoms with Gasteiger partial charge in [0.1, 0.15) is 5.82 Å².